The zero-order valence-corrected chi connectivity index (χ0v) is 14.2. The molecule has 0 unspecified atom stereocenters. The lowest BCUT2D eigenvalue weighted by atomic mass is 9.68. The minimum Gasteiger partial charge on any atom is -0.362 e. The molecule has 0 heterocycles. The molecule has 2 rings (SSSR count). The number of nitrogens with zero attached hydrogens (tertiary/aromatic N) is 1. The Hall–Kier alpha value is -0.980. The topological polar surface area (TPSA) is 33.0 Å². The highest BCUT2D eigenvalue weighted by atomic mass is 32.2. The van der Waals surface area contributed by atoms with E-state index < -0.39 is 5.60 Å². The van der Waals surface area contributed by atoms with Crippen molar-refractivity contribution < 1.29 is 4.74 Å². The van der Waals surface area contributed by atoms with Crippen molar-refractivity contribution in [3.05, 3.63) is 30.3 Å². The summed E-state index contributed by atoms with van der Waals surface area (Å²) in [6, 6.07) is 12.8. The lowest BCUT2D eigenvalue weighted by Crippen LogP contribution is -2.47. The van der Waals surface area contributed by atoms with Crippen LogP contribution in [-0.4, -0.2) is 18.0 Å². The van der Waals surface area contributed by atoms with Crippen molar-refractivity contribution in [3.8, 4) is 6.07 Å². The molecule has 0 N–H and O–H groups in total. The van der Waals surface area contributed by atoms with Crippen molar-refractivity contribution in [1.29, 1.82) is 5.26 Å². The van der Waals surface area contributed by atoms with Crippen LogP contribution in [0, 0.1) is 22.7 Å². The standard InChI is InChI=1S/C18H25NOS/c1-17(2,3)14-10-11-18(13-19,20-4)16(12-14)21-15-8-6-5-7-9-15/h5-9,14,16H,10-12H2,1-4H3/t14-,16+,18+/m1/s1. The molecular weight excluding hydrogens is 278 g/mol. The summed E-state index contributed by atoms with van der Waals surface area (Å²) in [5.74, 6) is 0.635. The minimum absolute atomic E-state index is 0.188. The predicted molar refractivity (Wildman–Crippen MR) is 88.2 cm³/mol. The maximum atomic E-state index is 9.69. The number of nitriles is 1. The molecule has 1 aliphatic carbocycles. The Labute approximate surface area is 132 Å². The molecular formula is C18H25NOS. The summed E-state index contributed by atoms with van der Waals surface area (Å²) in [6.45, 7) is 6.90. The van der Waals surface area contributed by atoms with Crippen LogP contribution in [0.1, 0.15) is 40.0 Å². The third kappa shape index (κ3) is 3.62. The third-order valence-electron chi connectivity index (χ3n) is 4.68. The zero-order valence-electron chi connectivity index (χ0n) is 13.4. The molecule has 2 nitrogen and oxygen atoms in total. The van der Waals surface area contributed by atoms with Gasteiger partial charge in [0.1, 0.15) is 0 Å². The molecule has 0 spiro atoms. The van der Waals surface area contributed by atoms with E-state index in [0.29, 0.717) is 5.92 Å². The van der Waals surface area contributed by atoms with Crippen LogP contribution >= 0.6 is 11.8 Å². The number of hydrogen-bond donors (Lipinski definition) is 0. The van der Waals surface area contributed by atoms with Gasteiger partial charge in [0.15, 0.2) is 5.60 Å². The van der Waals surface area contributed by atoms with E-state index in [2.05, 4.69) is 39.0 Å². The van der Waals surface area contributed by atoms with E-state index >= 15 is 0 Å². The molecule has 0 saturated heterocycles. The van der Waals surface area contributed by atoms with E-state index in [-0.39, 0.29) is 10.7 Å². The van der Waals surface area contributed by atoms with Crippen molar-refractivity contribution in [2.75, 3.05) is 7.11 Å². The number of hydrogen-bond acceptors (Lipinski definition) is 3. The first-order valence-corrected chi connectivity index (χ1v) is 8.47. The summed E-state index contributed by atoms with van der Waals surface area (Å²) in [7, 11) is 1.68. The summed E-state index contributed by atoms with van der Waals surface area (Å²) in [5.41, 5.74) is -0.368. The number of ether oxygens (including phenoxy) is 1. The zero-order chi connectivity index (χ0) is 15.5. The second kappa shape index (κ2) is 6.42. The summed E-state index contributed by atoms with van der Waals surface area (Å²) in [5, 5.41) is 9.88. The molecule has 114 valence electrons. The van der Waals surface area contributed by atoms with E-state index in [1.165, 1.54) is 4.90 Å². The van der Waals surface area contributed by atoms with Crippen LogP contribution in [0.25, 0.3) is 0 Å². The molecule has 0 aliphatic heterocycles. The molecule has 0 radical (unpaired) electrons. The highest BCUT2D eigenvalue weighted by Crippen LogP contribution is 2.48. The first kappa shape index (κ1) is 16.4. The van der Waals surface area contributed by atoms with Crippen LogP contribution in [0.15, 0.2) is 35.2 Å². The lowest BCUT2D eigenvalue weighted by Gasteiger charge is -2.44. The summed E-state index contributed by atoms with van der Waals surface area (Å²) in [6.07, 6.45) is 2.92. The Kier molecular flexibility index (Phi) is 5.01. The summed E-state index contributed by atoms with van der Waals surface area (Å²) >= 11 is 1.79. The van der Waals surface area contributed by atoms with Crippen molar-refractivity contribution in [2.24, 2.45) is 11.3 Å². The molecule has 1 aromatic rings. The Morgan fingerprint density at radius 3 is 2.48 bits per heavy atom. The van der Waals surface area contributed by atoms with Crippen LogP contribution in [-0.2, 0) is 4.74 Å². The van der Waals surface area contributed by atoms with Crippen molar-refractivity contribution in [1.82, 2.24) is 0 Å². The lowest BCUT2D eigenvalue weighted by molar-refractivity contribution is -0.0117. The van der Waals surface area contributed by atoms with Gasteiger partial charge in [-0.3, -0.25) is 0 Å². The van der Waals surface area contributed by atoms with Crippen LogP contribution < -0.4 is 0 Å². The third-order valence-corrected chi connectivity index (χ3v) is 6.08. The largest absolute Gasteiger partial charge is 0.362 e. The fourth-order valence-electron chi connectivity index (χ4n) is 3.12. The SMILES string of the molecule is CO[C@]1(C#N)CC[C@@H](C(C)(C)C)C[C@@H]1Sc1ccccc1. The van der Waals surface area contributed by atoms with Gasteiger partial charge in [0.25, 0.3) is 0 Å². The number of rotatable bonds is 3. The molecule has 3 heteroatoms. The smallest absolute Gasteiger partial charge is 0.165 e. The van der Waals surface area contributed by atoms with Crippen LogP contribution in [0.3, 0.4) is 0 Å². The van der Waals surface area contributed by atoms with Crippen LogP contribution in [0.4, 0.5) is 0 Å². The van der Waals surface area contributed by atoms with Crippen molar-refractivity contribution >= 4 is 11.8 Å². The number of thioether (sulfide) groups is 1. The number of benzene rings is 1. The van der Waals surface area contributed by atoms with Gasteiger partial charge in [0.2, 0.25) is 0 Å². The highest BCUT2D eigenvalue weighted by molar-refractivity contribution is 8.00. The number of methoxy groups -OCH3 is 1. The van der Waals surface area contributed by atoms with E-state index in [4.69, 9.17) is 4.74 Å². The van der Waals surface area contributed by atoms with Crippen molar-refractivity contribution in [3.63, 3.8) is 0 Å². The molecule has 1 aromatic carbocycles. The second-order valence-corrected chi connectivity index (χ2v) is 8.24. The summed E-state index contributed by atoms with van der Waals surface area (Å²) < 4.78 is 5.69. The molecule has 0 amide bonds. The van der Waals surface area contributed by atoms with Crippen molar-refractivity contribution in [2.45, 2.75) is 55.8 Å². The minimum atomic E-state index is -0.651. The molecule has 3 atom stereocenters. The van der Waals surface area contributed by atoms with E-state index in [0.717, 1.165) is 19.3 Å². The van der Waals surface area contributed by atoms with Crippen LogP contribution in [0.2, 0.25) is 0 Å². The average Bonchev–Trinajstić information content (AvgIpc) is 2.47. The predicted octanol–water partition coefficient (Wildman–Crippen LogP) is 4.90. The van der Waals surface area contributed by atoms with E-state index in [1.807, 2.05) is 18.2 Å². The first-order valence-electron chi connectivity index (χ1n) is 7.59. The average molecular weight is 303 g/mol. The molecule has 0 aromatic heterocycles. The molecule has 1 fully saturated rings. The van der Waals surface area contributed by atoms with Gasteiger partial charge in [-0.25, -0.2) is 0 Å². The molecule has 1 saturated carbocycles. The quantitative estimate of drug-likeness (QED) is 0.796. The van der Waals surface area contributed by atoms with Gasteiger partial charge in [-0.1, -0.05) is 39.0 Å². The fraction of sp³-hybridized carbons (Fsp3) is 0.611. The maximum Gasteiger partial charge on any atom is 0.165 e. The highest BCUT2D eigenvalue weighted by Gasteiger charge is 2.47. The van der Waals surface area contributed by atoms with E-state index in [9.17, 15) is 5.26 Å². The summed E-state index contributed by atoms with van der Waals surface area (Å²) in [4.78, 5) is 1.22. The second-order valence-electron chi connectivity index (χ2n) is 6.96. The Morgan fingerprint density at radius 2 is 1.95 bits per heavy atom. The fourth-order valence-corrected chi connectivity index (χ4v) is 4.55. The molecule has 21 heavy (non-hydrogen) atoms. The molecule has 1 aliphatic rings. The van der Waals surface area contributed by atoms with Gasteiger partial charge < -0.3 is 4.74 Å². The normalized spacial score (nSPS) is 29.9. The van der Waals surface area contributed by atoms with Gasteiger partial charge in [-0.15, -0.1) is 11.8 Å². The molecule has 0 bridgehead atoms. The van der Waals surface area contributed by atoms with Gasteiger partial charge in [-0.2, -0.15) is 5.26 Å². The van der Waals surface area contributed by atoms with Crippen LogP contribution in [0.5, 0.6) is 0 Å². The van der Waals surface area contributed by atoms with Gasteiger partial charge in [0, 0.05) is 12.0 Å². The Balaban J connectivity index is 2.23. The Morgan fingerprint density at radius 1 is 1.29 bits per heavy atom. The van der Waals surface area contributed by atoms with Gasteiger partial charge >= 0.3 is 0 Å². The maximum absolute atomic E-state index is 9.69. The van der Waals surface area contributed by atoms with Gasteiger partial charge in [-0.05, 0) is 42.7 Å². The van der Waals surface area contributed by atoms with Gasteiger partial charge in [0.05, 0.1) is 11.3 Å². The monoisotopic (exact) mass is 303 g/mol. The Bertz CT molecular complexity index is 502. The van der Waals surface area contributed by atoms with E-state index in [1.54, 1.807) is 18.9 Å². The first-order chi connectivity index (χ1) is 9.91.